The highest BCUT2D eigenvalue weighted by Crippen LogP contribution is 2.66. The third kappa shape index (κ3) is 1.33. The summed E-state index contributed by atoms with van der Waals surface area (Å²) in [7, 11) is 0. The predicted octanol–water partition coefficient (Wildman–Crippen LogP) is 1.48. The summed E-state index contributed by atoms with van der Waals surface area (Å²) in [6.45, 7) is 2.62. The van der Waals surface area contributed by atoms with Gasteiger partial charge in [0.25, 0.3) is 0 Å². The van der Waals surface area contributed by atoms with Crippen molar-refractivity contribution in [1.82, 2.24) is 0 Å². The molecule has 2 bridgehead atoms. The summed E-state index contributed by atoms with van der Waals surface area (Å²) in [4.78, 5) is 15.4. The molecule has 0 radical (unpaired) electrons. The van der Waals surface area contributed by atoms with Gasteiger partial charge in [-0.1, -0.05) is 24.3 Å². The van der Waals surface area contributed by atoms with Gasteiger partial charge < -0.3 is 9.64 Å². The van der Waals surface area contributed by atoms with Gasteiger partial charge in [-0.15, -0.1) is 0 Å². The zero-order valence-electron chi connectivity index (χ0n) is 14.8. The number of anilines is 1. The average Bonchev–Trinajstić information content (AvgIpc) is 3.05. The Morgan fingerprint density at radius 1 is 1.31 bits per heavy atom. The number of quaternary nitrogens is 1. The Bertz CT molecular complexity index is 897. The second-order valence-corrected chi connectivity index (χ2v) is 9.29. The molecule has 7 unspecified atom stereocenters. The van der Waals surface area contributed by atoms with Crippen molar-refractivity contribution in [3.63, 3.8) is 0 Å². The first-order valence-electron chi connectivity index (χ1n) is 10.0. The number of carbonyl (C=O) groups is 1. The molecule has 1 aromatic carbocycles. The zero-order chi connectivity index (χ0) is 17.3. The number of hydrogen-bond acceptors (Lipinski definition) is 3. The smallest absolute Gasteiger partial charge is 0.229 e. The third-order valence-electron chi connectivity index (χ3n) is 8.62. The number of ether oxygens (including phenoxy) is 1. The Labute approximate surface area is 152 Å². The summed E-state index contributed by atoms with van der Waals surface area (Å²) >= 11 is 0. The van der Waals surface area contributed by atoms with Crippen LogP contribution in [0.1, 0.15) is 24.8 Å². The van der Waals surface area contributed by atoms with Crippen LogP contribution < -0.4 is 10.7 Å². The molecule has 7 rings (SSSR count). The van der Waals surface area contributed by atoms with E-state index >= 15 is 0 Å². The highest BCUT2D eigenvalue weighted by Gasteiger charge is 2.75. The van der Waals surface area contributed by atoms with Gasteiger partial charge in [-0.2, -0.15) is 5.84 Å². The van der Waals surface area contributed by atoms with E-state index in [2.05, 4.69) is 35.2 Å². The van der Waals surface area contributed by atoms with E-state index in [-0.39, 0.29) is 23.5 Å². The SMILES string of the molecule is N[N+]12CCC34c5ccccc5N5C(=O)CC6OCC=C(C1)C(CC32)C6C54. The van der Waals surface area contributed by atoms with E-state index in [1.54, 1.807) is 0 Å². The van der Waals surface area contributed by atoms with Gasteiger partial charge in [0.15, 0.2) is 0 Å². The van der Waals surface area contributed by atoms with E-state index in [1.165, 1.54) is 11.1 Å². The largest absolute Gasteiger partial charge is 0.373 e. The molecule has 3 saturated heterocycles. The summed E-state index contributed by atoms with van der Waals surface area (Å²) < 4.78 is 6.91. The van der Waals surface area contributed by atoms with E-state index in [4.69, 9.17) is 10.6 Å². The standard InChI is InChI=1S/C21H24N3O2/c22-24-7-6-21-14-3-1-2-4-15(14)23-18(25)10-16-19(20(21)23)13(9-17(21)24)12(11-24)5-8-26-16/h1-5,13,16-17,19-20H,6-11,22H2/q+1. The zero-order valence-corrected chi connectivity index (χ0v) is 14.8. The number of amides is 1. The first kappa shape index (κ1) is 14.4. The molecule has 0 aromatic heterocycles. The van der Waals surface area contributed by atoms with Crippen molar-refractivity contribution in [1.29, 1.82) is 0 Å². The van der Waals surface area contributed by atoms with Crippen molar-refractivity contribution in [3.05, 3.63) is 41.5 Å². The van der Waals surface area contributed by atoms with Gasteiger partial charge in [0.1, 0.15) is 12.6 Å². The fourth-order valence-corrected chi connectivity index (χ4v) is 7.87. The predicted molar refractivity (Wildman–Crippen MR) is 96.0 cm³/mol. The van der Waals surface area contributed by atoms with E-state index in [1.807, 2.05) is 0 Å². The minimum absolute atomic E-state index is 0.0140. The maximum Gasteiger partial charge on any atom is 0.229 e. The van der Waals surface area contributed by atoms with Gasteiger partial charge in [-0.25, -0.2) is 4.59 Å². The molecule has 5 aliphatic heterocycles. The molecular formula is C21H24N3O2+. The van der Waals surface area contributed by atoms with Crippen molar-refractivity contribution in [2.24, 2.45) is 17.7 Å². The topological polar surface area (TPSA) is 55.6 Å². The first-order chi connectivity index (χ1) is 12.6. The molecular weight excluding hydrogens is 326 g/mol. The van der Waals surface area contributed by atoms with Crippen molar-refractivity contribution in [3.8, 4) is 0 Å². The Hall–Kier alpha value is -1.69. The summed E-state index contributed by atoms with van der Waals surface area (Å²) in [5.74, 6) is 8.22. The van der Waals surface area contributed by atoms with Crippen molar-refractivity contribution >= 4 is 11.6 Å². The Morgan fingerprint density at radius 3 is 3.12 bits per heavy atom. The number of nitrogens with two attached hydrogens (primary N) is 1. The number of piperidine rings is 2. The van der Waals surface area contributed by atoms with Gasteiger partial charge in [0.05, 0.1) is 37.1 Å². The summed E-state index contributed by atoms with van der Waals surface area (Å²) in [6, 6.07) is 9.28. The molecule has 7 atom stereocenters. The first-order valence-corrected chi connectivity index (χ1v) is 10.0. The molecule has 1 aromatic rings. The van der Waals surface area contributed by atoms with Crippen LogP contribution in [0.2, 0.25) is 0 Å². The van der Waals surface area contributed by atoms with Crippen LogP contribution in [0.5, 0.6) is 0 Å². The molecule has 5 heteroatoms. The molecule has 2 N–H and O–H groups in total. The van der Waals surface area contributed by atoms with Crippen LogP contribution in [-0.2, 0) is 14.9 Å². The fourth-order valence-electron chi connectivity index (χ4n) is 7.87. The number of nitrogens with zero attached hydrogens (tertiary/aromatic N) is 2. The molecule has 1 saturated carbocycles. The minimum Gasteiger partial charge on any atom is -0.373 e. The Morgan fingerprint density at radius 2 is 2.19 bits per heavy atom. The van der Waals surface area contributed by atoms with Crippen molar-refractivity contribution in [2.45, 2.75) is 42.9 Å². The number of hydrogen-bond donors (Lipinski definition) is 1. The lowest BCUT2D eigenvalue weighted by atomic mass is 9.53. The quantitative estimate of drug-likeness (QED) is 0.438. The van der Waals surface area contributed by atoms with E-state index in [9.17, 15) is 4.79 Å². The van der Waals surface area contributed by atoms with Crippen molar-refractivity contribution in [2.75, 3.05) is 24.6 Å². The van der Waals surface area contributed by atoms with E-state index in [0.717, 1.165) is 31.6 Å². The van der Waals surface area contributed by atoms with E-state index < -0.39 is 0 Å². The number of para-hydroxylation sites is 1. The maximum absolute atomic E-state index is 13.2. The highest BCUT2D eigenvalue weighted by atomic mass is 16.5. The fraction of sp³-hybridized carbons (Fsp3) is 0.571. The number of fused-ring (bicyclic) bond motifs is 2. The monoisotopic (exact) mass is 350 g/mol. The van der Waals surface area contributed by atoms with Gasteiger partial charge in [-0.05, 0) is 23.1 Å². The molecule has 5 nitrogen and oxygen atoms in total. The van der Waals surface area contributed by atoms with Gasteiger partial charge in [0, 0.05) is 24.4 Å². The lowest BCUT2D eigenvalue weighted by molar-refractivity contribution is -0.954. The normalized spacial score (nSPS) is 49.6. The van der Waals surface area contributed by atoms with Crippen LogP contribution in [0, 0.1) is 11.8 Å². The Balaban J connectivity index is 1.56. The number of benzene rings is 1. The highest BCUT2D eigenvalue weighted by molar-refractivity contribution is 5.99. The molecule has 1 spiro atoms. The lowest BCUT2D eigenvalue weighted by Gasteiger charge is -2.58. The molecule has 6 aliphatic rings. The Kier molecular flexibility index (Phi) is 2.34. The number of carbonyl (C=O) groups excluding carboxylic acids is 1. The van der Waals surface area contributed by atoms with Gasteiger partial charge in [-0.3, -0.25) is 4.79 Å². The maximum atomic E-state index is 13.2. The van der Waals surface area contributed by atoms with Crippen molar-refractivity contribution < 1.29 is 14.1 Å². The van der Waals surface area contributed by atoms with Gasteiger partial charge in [0.2, 0.25) is 5.91 Å². The van der Waals surface area contributed by atoms with E-state index in [0.29, 0.717) is 35.5 Å². The molecule has 1 amide bonds. The molecule has 1 aliphatic carbocycles. The molecule has 134 valence electrons. The second-order valence-electron chi connectivity index (χ2n) is 9.29. The summed E-state index contributed by atoms with van der Waals surface area (Å²) in [5.41, 5.74) is 4.04. The van der Waals surface area contributed by atoms with Crippen LogP contribution in [0.4, 0.5) is 5.69 Å². The second kappa shape index (κ2) is 4.24. The minimum atomic E-state index is 0.0140. The molecule has 5 heterocycles. The van der Waals surface area contributed by atoms with Crippen LogP contribution >= 0.6 is 0 Å². The third-order valence-corrected chi connectivity index (χ3v) is 8.62. The van der Waals surface area contributed by atoms with Crippen LogP contribution in [0.15, 0.2) is 35.9 Å². The van der Waals surface area contributed by atoms with Crippen LogP contribution in [-0.4, -0.2) is 48.4 Å². The van der Waals surface area contributed by atoms with Crippen LogP contribution in [0.3, 0.4) is 0 Å². The van der Waals surface area contributed by atoms with Crippen LogP contribution in [0.25, 0.3) is 0 Å². The molecule has 4 fully saturated rings. The summed E-state index contributed by atoms with van der Waals surface area (Å²) in [6.07, 6.45) is 5.11. The molecule has 26 heavy (non-hydrogen) atoms. The summed E-state index contributed by atoms with van der Waals surface area (Å²) in [5, 5.41) is 0. The lowest BCUT2D eigenvalue weighted by Crippen LogP contribution is -2.74. The van der Waals surface area contributed by atoms with Gasteiger partial charge >= 0.3 is 0 Å². The number of rotatable bonds is 0. The average molecular weight is 350 g/mol.